The number of carbonyl (C=O) groups excluding carboxylic acids is 1. The minimum Gasteiger partial charge on any atom is -0.504 e. The summed E-state index contributed by atoms with van der Waals surface area (Å²) in [4.78, 5) is 25.2. The van der Waals surface area contributed by atoms with Gasteiger partial charge in [0, 0.05) is 6.20 Å². The lowest BCUT2D eigenvalue weighted by Gasteiger charge is -2.06. The number of pyridine rings is 1. The molecule has 0 aliphatic carbocycles. The molecule has 0 spiro atoms. The van der Waals surface area contributed by atoms with E-state index < -0.39 is 17.8 Å². The van der Waals surface area contributed by atoms with Gasteiger partial charge >= 0.3 is 12.1 Å². The van der Waals surface area contributed by atoms with Crippen molar-refractivity contribution in [3.05, 3.63) is 30.5 Å². The number of hydrogen-bond donors (Lipinski definition) is 3. The fraction of sp³-hybridized carbons (Fsp3) is 0.100. The lowest BCUT2D eigenvalue weighted by molar-refractivity contribution is 0.0696. The van der Waals surface area contributed by atoms with Crippen LogP contribution in [0.4, 0.5) is 10.6 Å². The zero-order chi connectivity index (χ0) is 12.8. The second kappa shape index (κ2) is 5.50. The topological polar surface area (TPSA) is 109 Å². The average Bonchev–Trinajstić information content (AvgIpc) is 2.28. The van der Waals surface area contributed by atoms with Gasteiger partial charge in [-0.2, -0.15) is 0 Å². The number of ether oxygens (including phenoxy) is 1. The molecule has 7 heteroatoms. The maximum atomic E-state index is 11.1. The van der Waals surface area contributed by atoms with Crippen molar-refractivity contribution in [3.8, 4) is 5.75 Å². The summed E-state index contributed by atoms with van der Waals surface area (Å²) in [5, 5.41) is 20.2. The van der Waals surface area contributed by atoms with Gasteiger partial charge in [0.05, 0.1) is 5.56 Å². The molecule has 0 saturated heterocycles. The quantitative estimate of drug-likeness (QED) is 0.680. The summed E-state index contributed by atoms with van der Waals surface area (Å²) in [6.45, 7) is 3.37. The highest BCUT2D eigenvalue weighted by molar-refractivity contribution is 5.90. The highest BCUT2D eigenvalue weighted by Crippen LogP contribution is 2.21. The zero-order valence-electron chi connectivity index (χ0n) is 8.71. The Morgan fingerprint density at radius 2 is 2.29 bits per heavy atom. The number of carboxylic acids is 1. The molecule has 0 bridgehead atoms. The summed E-state index contributed by atoms with van der Waals surface area (Å²) in [5.41, 5.74) is -0.187. The molecule has 90 valence electrons. The SMILES string of the molecule is C=CCOC(=O)Nc1ncc(C(=O)O)cc1O. The van der Waals surface area contributed by atoms with Crippen molar-refractivity contribution in [2.45, 2.75) is 0 Å². The molecule has 0 aliphatic rings. The molecule has 1 rings (SSSR count). The Morgan fingerprint density at radius 1 is 1.59 bits per heavy atom. The van der Waals surface area contributed by atoms with Crippen LogP contribution in [0.25, 0.3) is 0 Å². The molecule has 0 radical (unpaired) electrons. The van der Waals surface area contributed by atoms with E-state index in [0.717, 1.165) is 12.3 Å². The smallest absolute Gasteiger partial charge is 0.413 e. The van der Waals surface area contributed by atoms with Crippen molar-refractivity contribution < 1.29 is 24.5 Å². The fourth-order valence-electron chi connectivity index (χ4n) is 0.934. The van der Waals surface area contributed by atoms with Gasteiger partial charge in [-0.3, -0.25) is 5.32 Å². The molecule has 0 saturated carbocycles. The van der Waals surface area contributed by atoms with Crippen molar-refractivity contribution >= 4 is 17.9 Å². The highest BCUT2D eigenvalue weighted by atomic mass is 16.5. The van der Waals surface area contributed by atoms with Gasteiger partial charge in [0.1, 0.15) is 6.61 Å². The van der Waals surface area contributed by atoms with Crippen molar-refractivity contribution in [3.63, 3.8) is 0 Å². The zero-order valence-corrected chi connectivity index (χ0v) is 8.71. The number of anilines is 1. The molecular weight excluding hydrogens is 228 g/mol. The fourth-order valence-corrected chi connectivity index (χ4v) is 0.934. The molecule has 1 heterocycles. The van der Waals surface area contributed by atoms with Crippen LogP contribution in [-0.4, -0.2) is 33.9 Å². The summed E-state index contributed by atoms with van der Waals surface area (Å²) < 4.78 is 4.59. The third-order valence-corrected chi connectivity index (χ3v) is 1.67. The number of nitrogens with zero attached hydrogens (tertiary/aromatic N) is 1. The first-order valence-corrected chi connectivity index (χ1v) is 4.51. The van der Waals surface area contributed by atoms with Crippen LogP contribution in [-0.2, 0) is 4.74 Å². The van der Waals surface area contributed by atoms with E-state index in [2.05, 4.69) is 21.6 Å². The monoisotopic (exact) mass is 238 g/mol. The molecule has 1 amide bonds. The van der Waals surface area contributed by atoms with E-state index in [1.165, 1.54) is 6.08 Å². The van der Waals surface area contributed by atoms with Crippen LogP contribution in [0.1, 0.15) is 10.4 Å². The van der Waals surface area contributed by atoms with Crippen molar-refractivity contribution in [1.82, 2.24) is 4.98 Å². The van der Waals surface area contributed by atoms with E-state index in [-0.39, 0.29) is 18.0 Å². The maximum absolute atomic E-state index is 11.1. The van der Waals surface area contributed by atoms with Crippen LogP contribution < -0.4 is 5.32 Å². The number of amides is 1. The van der Waals surface area contributed by atoms with Gasteiger partial charge in [-0.1, -0.05) is 12.7 Å². The van der Waals surface area contributed by atoms with E-state index in [1.54, 1.807) is 0 Å². The number of rotatable bonds is 4. The number of hydrogen-bond acceptors (Lipinski definition) is 5. The molecule has 7 nitrogen and oxygen atoms in total. The number of nitrogens with one attached hydrogen (secondary N) is 1. The van der Waals surface area contributed by atoms with E-state index in [9.17, 15) is 14.7 Å². The Hall–Kier alpha value is -2.57. The van der Waals surface area contributed by atoms with Crippen LogP contribution in [0.2, 0.25) is 0 Å². The maximum Gasteiger partial charge on any atom is 0.413 e. The van der Waals surface area contributed by atoms with Crippen molar-refractivity contribution in [2.75, 3.05) is 11.9 Å². The minimum atomic E-state index is -1.23. The minimum absolute atomic E-state index is 0.0137. The number of carboxylic acid groups (broad SMARTS) is 1. The molecule has 3 N–H and O–H groups in total. The first-order chi connectivity index (χ1) is 8.04. The third kappa shape index (κ3) is 3.49. The Labute approximate surface area is 96.4 Å². The first-order valence-electron chi connectivity index (χ1n) is 4.51. The average molecular weight is 238 g/mol. The lowest BCUT2D eigenvalue weighted by atomic mass is 10.3. The van der Waals surface area contributed by atoms with Crippen molar-refractivity contribution in [1.29, 1.82) is 0 Å². The van der Waals surface area contributed by atoms with Crippen LogP contribution in [0, 0.1) is 0 Å². The second-order valence-corrected chi connectivity index (χ2v) is 2.91. The molecule has 0 aromatic carbocycles. The largest absolute Gasteiger partial charge is 0.504 e. The van der Waals surface area contributed by atoms with E-state index in [4.69, 9.17) is 5.11 Å². The molecule has 0 atom stereocenters. The predicted molar refractivity (Wildman–Crippen MR) is 58.0 cm³/mol. The van der Waals surface area contributed by atoms with Gasteiger partial charge in [0.2, 0.25) is 0 Å². The van der Waals surface area contributed by atoms with E-state index in [1.807, 2.05) is 0 Å². The molecule has 1 aromatic rings. The molecule has 0 unspecified atom stereocenters. The summed E-state index contributed by atoms with van der Waals surface area (Å²) in [7, 11) is 0. The summed E-state index contributed by atoms with van der Waals surface area (Å²) in [5.74, 6) is -1.86. The third-order valence-electron chi connectivity index (χ3n) is 1.67. The Morgan fingerprint density at radius 3 is 2.82 bits per heavy atom. The molecule has 0 aliphatic heterocycles. The molecular formula is C10H10N2O5. The van der Waals surface area contributed by atoms with Gasteiger partial charge in [-0.25, -0.2) is 14.6 Å². The number of carbonyl (C=O) groups is 2. The van der Waals surface area contributed by atoms with Crippen molar-refractivity contribution in [2.24, 2.45) is 0 Å². The van der Waals surface area contributed by atoms with Crippen LogP contribution in [0.3, 0.4) is 0 Å². The Balaban J connectivity index is 2.75. The Kier molecular flexibility index (Phi) is 4.04. The summed E-state index contributed by atoms with van der Waals surface area (Å²) in [6.07, 6.45) is 1.56. The molecule has 0 fully saturated rings. The highest BCUT2D eigenvalue weighted by Gasteiger charge is 2.11. The number of aromatic hydroxyl groups is 1. The summed E-state index contributed by atoms with van der Waals surface area (Å²) >= 11 is 0. The lowest BCUT2D eigenvalue weighted by Crippen LogP contribution is -2.15. The molecule has 1 aromatic heterocycles. The first kappa shape index (κ1) is 12.5. The predicted octanol–water partition coefficient (Wildman–Crippen LogP) is 1.22. The summed E-state index contributed by atoms with van der Waals surface area (Å²) in [6, 6.07) is 0.971. The molecule has 17 heavy (non-hydrogen) atoms. The number of aromatic carboxylic acids is 1. The van der Waals surface area contributed by atoms with Gasteiger partial charge in [0.25, 0.3) is 0 Å². The second-order valence-electron chi connectivity index (χ2n) is 2.91. The van der Waals surface area contributed by atoms with Gasteiger partial charge < -0.3 is 14.9 Å². The van der Waals surface area contributed by atoms with Crippen LogP contribution in [0.5, 0.6) is 5.75 Å². The van der Waals surface area contributed by atoms with Crippen LogP contribution >= 0.6 is 0 Å². The van der Waals surface area contributed by atoms with Gasteiger partial charge in [-0.15, -0.1) is 0 Å². The standard InChI is InChI=1S/C10H10N2O5/c1-2-3-17-10(16)12-8-7(13)4-6(5-11-8)9(14)15/h2,4-5,13H,1,3H2,(H,14,15)(H,11,12,16). The normalized spacial score (nSPS) is 9.41. The van der Waals surface area contributed by atoms with E-state index in [0.29, 0.717) is 0 Å². The van der Waals surface area contributed by atoms with Gasteiger partial charge in [0.15, 0.2) is 11.6 Å². The van der Waals surface area contributed by atoms with E-state index >= 15 is 0 Å². The Bertz CT molecular complexity index is 458. The number of aromatic nitrogens is 1. The van der Waals surface area contributed by atoms with Gasteiger partial charge in [-0.05, 0) is 6.07 Å². The van der Waals surface area contributed by atoms with Crippen LogP contribution in [0.15, 0.2) is 24.9 Å².